The van der Waals surface area contributed by atoms with Crippen molar-refractivity contribution in [2.75, 3.05) is 6.61 Å². The highest BCUT2D eigenvalue weighted by Gasteiger charge is 2.48. The summed E-state index contributed by atoms with van der Waals surface area (Å²) in [6.45, 7) is 15.1. The maximum absolute atomic E-state index is 14.5. The molecular formula is C26H34BF2N2O3+. The van der Waals surface area contributed by atoms with Crippen LogP contribution in [-0.2, 0) is 9.53 Å². The zero-order valence-electron chi connectivity index (χ0n) is 21.3. The molecule has 0 amide bonds. The number of carbonyl (C=O) groups excluding carboxylic acids is 1. The van der Waals surface area contributed by atoms with Crippen LogP contribution in [0.15, 0.2) is 40.2 Å². The van der Waals surface area contributed by atoms with Crippen molar-refractivity contribution in [2.45, 2.75) is 67.9 Å². The number of benzene rings is 1. The van der Waals surface area contributed by atoms with Gasteiger partial charge in [-0.1, -0.05) is 6.92 Å². The molecule has 2 heterocycles. The molecule has 34 heavy (non-hydrogen) atoms. The van der Waals surface area contributed by atoms with Crippen LogP contribution >= 0.6 is 0 Å². The number of hydrogen-bond acceptors (Lipinski definition) is 4. The molecule has 0 radical (unpaired) electrons. The van der Waals surface area contributed by atoms with Crippen molar-refractivity contribution >= 4 is 24.7 Å². The molecule has 2 unspecified atom stereocenters. The van der Waals surface area contributed by atoms with Gasteiger partial charge in [0, 0.05) is 29.8 Å². The fraction of sp³-hybridized carbons (Fsp3) is 0.462. The van der Waals surface area contributed by atoms with Crippen molar-refractivity contribution in [1.82, 2.24) is 5.32 Å². The molecule has 0 bridgehead atoms. The van der Waals surface area contributed by atoms with Crippen LogP contribution < -0.4 is 5.32 Å². The van der Waals surface area contributed by atoms with Gasteiger partial charge in [-0.15, -0.1) is 0 Å². The zero-order valence-corrected chi connectivity index (χ0v) is 21.3. The first-order valence-electron chi connectivity index (χ1n) is 11.8. The molecule has 5 nitrogen and oxygen atoms in total. The zero-order chi connectivity index (χ0) is 25.5. The molecule has 2 aliphatic rings. The highest BCUT2D eigenvalue weighted by molar-refractivity contribution is 6.35. The van der Waals surface area contributed by atoms with E-state index in [2.05, 4.69) is 5.32 Å². The molecule has 0 aromatic heterocycles. The number of aromatic hydroxyl groups is 1. The number of phenolic OH excluding ortho intramolecular Hbond substituents is 1. The van der Waals surface area contributed by atoms with Gasteiger partial charge < -0.3 is 15.2 Å². The second-order valence-corrected chi connectivity index (χ2v) is 9.09. The summed E-state index contributed by atoms with van der Waals surface area (Å²) >= 11 is 0. The first-order chi connectivity index (χ1) is 16.0. The van der Waals surface area contributed by atoms with Crippen molar-refractivity contribution in [3.63, 3.8) is 0 Å². The van der Waals surface area contributed by atoms with Crippen molar-refractivity contribution in [2.24, 2.45) is 5.92 Å². The van der Waals surface area contributed by atoms with E-state index in [1.807, 2.05) is 41.5 Å². The normalized spacial score (nSPS) is 21.9. The monoisotopic (exact) mass is 471 g/mol. The average Bonchev–Trinajstić information content (AvgIpc) is 3.16. The van der Waals surface area contributed by atoms with Crippen molar-refractivity contribution in [3.05, 3.63) is 56.9 Å². The molecule has 1 aromatic rings. The lowest BCUT2D eigenvalue weighted by molar-refractivity contribution is -0.343. The lowest BCUT2D eigenvalue weighted by Gasteiger charge is -2.20. The molecule has 0 saturated carbocycles. The predicted molar refractivity (Wildman–Crippen MR) is 132 cm³/mol. The first kappa shape index (κ1) is 25.7. The van der Waals surface area contributed by atoms with Crippen LogP contribution in [0.4, 0.5) is 8.63 Å². The van der Waals surface area contributed by atoms with Gasteiger partial charge in [-0.2, -0.15) is 0 Å². The second kappa shape index (κ2) is 9.76. The van der Waals surface area contributed by atoms with Crippen LogP contribution in [0.1, 0.15) is 64.7 Å². The molecule has 2 N–H and O–H groups in total. The molecule has 2 atom stereocenters. The summed E-state index contributed by atoms with van der Waals surface area (Å²) in [6.07, 6.45) is 0.624. The van der Waals surface area contributed by atoms with Gasteiger partial charge >= 0.3 is 13.4 Å². The number of nitrogens with zero attached hydrogens (tertiary/aromatic N) is 1. The number of hydrogen-bond donors (Lipinski definition) is 2. The van der Waals surface area contributed by atoms with Gasteiger partial charge in [-0.25, -0.2) is 13.1 Å². The molecular weight excluding hydrogens is 437 g/mol. The molecule has 0 spiro atoms. The van der Waals surface area contributed by atoms with E-state index in [1.54, 1.807) is 26.0 Å². The van der Waals surface area contributed by atoms with E-state index in [9.17, 15) is 18.5 Å². The van der Waals surface area contributed by atoms with Crippen LogP contribution in [-0.4, -0.2) is 41.3 Å². The molecule has 0 aliphatic carbocycles. The number of aryl methyl sites for hydroxylation is 2. The minimum Gasteiger partial charge on any atom is -0.508 e. The van der Waals surface area contributed by atoms with Gasteiger partial charge in [-0.05, 0) is 82.4 Å². The molecule has 0 fully saturated rings. The summed E-state index contributed by atoms with van der Waals surface area (Å²) in [4.78, 5) is 12.8. The van der Waals surface area contributed by atoms with Gasteiger partial charge in [0.2, 0.25) is 0 Å². The Bertz CT molecular complexity index is 1140. The van der Waals surface area contributed by atoms with Crippen LogP contribution in [0.5, 0.6) is 5.75 Å². The third-order valence-electron chi connectivity index (χ3n) is 6.92. The fourth-order valence-corrected chi connectivity index (χ4v) is 5.52. The lowest BCUT2D eigenvalue weighted by Crippen LogP contribution is -2.32. The Morgan fingerprint density at radius 3 is 2.24 bits per heavy atom. The number of rotatable bonds is 6. The van der Waals surface area contributed by atoms with Gasteiger partial charge in [0.1, 0.15) is 5.75 Å². The van der Waals surface area contributed by atoms with Crippen molar-refractivity contribution in [3.8, 4) is 5.75 Å². The molecule has 1 aromatic carbocycles. The third kappa shape index (κ3) is 4.19. The Morgan fingerprint density at radius 2 is 1.74 bits per heavy atom. The van der Waals surface area contributed by atoms with Gasteiger partial charge in [0.25, 0.3) is 0 Å². The number of ether oxygens (including phenoxy) is 1. The maximum atomic E-state index is 14.5. The smallest absolute Gasteiger partial charge is 0.508 e. The Morgan fingerprint density at radius 1 is 1.15 bits per heavy atom. The largest absolute Gasteiger partial charge is 0.934 e. The van der Waals surface area contributed by atoms with Crippen molar-refractivity contribution in [1.29, 1.82) is 0 Å². The number of halogens is 2. The summed E-state index contributed by atoms with van der Waals surface area (Å²) in [5, 5.41) is 13.6. The van der Waals surface area contributed by atoms with Crippen molar-refractivity contribution < 1.29 is 27.8 Å². The number of allylic oxidation sites excluding steroid dienone is 3. The summed E-state index contributed by atoms with van der Waals surface area (Å²) in [7, 11) is -2.73. The highest BCUT2D eigenvalue weighted by Crippen LogP contribution is 2.43. The van der Waals surface area contributed by atoms with Gasteiger partial charge in [0.05, 0.1) is 18.1 Å². The Kier molecular flexibility index (Phi) is 7.39. The van der Waals surface area contributed by atoms with Crippen LogP contribution in [0, 0.1) is 19.8 Å². The Hall–Kier alpha value is -2.90. The Labute approximate surface area is 201 Å². The van der Waals surface area contributed by atoms with E-state index >= 15 is 0 Å². The van der Waals surface area contributed by atoms with E-state index in [0.29, 0.717) is 29.1 Å². The summed E-state index contributed by atoms with van der Waals surface area (Å²) < 4.78 is 35.5. The summed E-state index contributed by atoms with van der Waals surface area (Å²) in [5.74, 6) is -0.739. The quantitative estimate of drug-likeness (QED) is 0.437. The number of phenols is 1. The second-order valence-electron chi connectivity index (χ2n) is 9.09. The van der Waals surface area contributed by atoms with Gasteiger partial charge in [0.15, 0.2) is 11.4 Å². The minimum absolute atomic E-state index is 0.118. The van der Waals surface area contributed by atoms with Crippen LogP contribution in [0.25, 0.3) is 5.57 Å². The molecule has 182 valence electrons. The highest BCUT2D eigenvalue weighted by atomic mass is 19.2. The molecule has 8 heteroatoms. The van der Waals surface area contributed by atoms with E-state index in [4.69, 9.17) is 4.74 Å². The number of nitrogens with one attached hydrogen (secondary N) is 1. The number of carbonyl (C=O) groups is 1. The standard InChI is InChI=1S/C26H33BF2N2O3/c1-9-20-15(5)25(31(18(20)8)27(28)29)23(21-13(3)11-19(32)12-14(21)4)24-16(6)22(17(7)30-24)26(33)34-10-2/h11-12,17,22,30H,9-10H2,1-8H3/p+1. The SMILES string of the molecule is CCOC(=O)C1C(C)=C(/C(=C2/C(C)=C(CC)C(C)=[N+]2B(F)F)c2c(C)cc(O)cc2C)NC1C. The van der Waals surface area contributed by atoms with Crippen LogP contribution in [0.2, 0.25) is 0 Å². The molecule has 2 aliphatic heterocycles. The first-order valence-corrected chi connectivity index (χ1v) is 11.8. The van der Waals surface area contributed by atoms with Crippen LogP contribution in [0.3, 0.4) is 0 Å². The number of esters is 1. The van der Waals surface area contributed by atoms with E-state index in [-0.39, 0.29) is 24.4 Å². The van der Waals surface area contributed by atoms with E-state index in [0.717, 1.165) is 37.9 Å². The average molecular weight is 471 g/mol. The fourth-order valence-electron chi connectivity index (χ4n) is 5.52. The topological polar surface area (TPSA) is 61.6 Å². The Balaban J connectivity index is 2.47. The van der Waals surface area contributed by atoms with E-state index in [1.165, 1.54) is 0 Å². The predicted octanol–water partition coefficient (Wildman–Crippen LogP) is 5.30. The lowest BCUT2D eigenvalue weighted by atomic mass is 9.86. The minimum atomic E-state index is -2.73. The maximum Gasteiger partial charge on any atom is 0.934 e. The third-order valence-corrected chi connectivity index (χ3v) is 6.92. The molecule has 3 rings (SSSR count). The molecule has 0 saturated heterocycles. The van der Waals surface area contributed by atoms with E-state index < -0.39 is 13.3 Å². The summed E-state index contributed by atoms with van der Waals surface area (Å²) in [6, 6.07) is 3.01. The van der Waals surface area contributed by atoms with Gasteiger partial charge in [-0.3, -0.25) is 4.79 Å². The summed E-state index contributed by atoms with van der Waals surface area (Å²) in [5.41, 5.74) is 6.95.